The van der Waals surface area contributed by atoms with Crippen LogP contribution in [0.1, 0.15) is 25.2 Å². The van der Waals surface area contributed by atoms with Gasteiger partial charge in [0.25, 0.3) is 5.56 Å². The number of halogens is 2. The number of benzene rings is 2. The van der Waals surface area contributed by atoms with E-state index in [0.717, 1.165) is 0 Å². The molecule has 32 heavy (non-hydrogen) atoms. The first-order valence-corrected chi connectivity index (χ1v) is 10.3. The van der Waals surface area contributed by atoms with Crippen molar-refractivity contribution in [2.24, 2.45) is 0 Å². The molecule has 3 aromatic heterocycles. The molecule has 0 unspecified atom stereocenters. The quantitative estimate of drug-likeness (QED) is 0.412. The van der Waals surface area contributed by atoms with Gasteiger partial charge in [-0.2, -0.15) is 0 Å². The maximum Gasteiger partial charge on any atom is 0.269 e. The van der Waals surface area contributed by atoms with E-state index in [9.17, 15) is 9.18 Å². The summed E-state index contributed by atoms with van der Waals surface area (Å²) in [6.45, 7) is 1.95. The molecule has 0 aliphatic heterocycles. The lowest BCUT2D eigenvalue weighted by atomic mass is 10.1. The molecule has 0 spiro atoms. The molecule has 5 aromatic rings. The summed E-state index contributed by atoms with van der Waals surface area (Å²) in [4.78, 5) is 33.8. The highest BCUT2D eigenvalue weighted by molar-refractivity contribution is 6.32. The number of H-pyrrole nitrogens is 1. The van der Waals surface area contributed by atoms with Gasteiger partial charge in [-0.3, -0.25) is 9.36 Å². The van der Waals surface area contributed by atoms with Crippen LogP contribution in [0.15, 0.2) is 59.9 Å². The third-order valence-corrected chi connectivity index (χ3v) is 5.54. The average Bonchev–Trinajstić information content (AvgIpc) is 3.28. The number of nitrogens with one attached hydrogen (secondary N) is 2. The molecular formula is C22H17ClFN7O. The summed E-state index contributed by atoms with van der Waals surface area (Å²) in [6.07, 6.45) is 3.49. The van der Waals surface area contributed by atoms with Gasteiger partial charge in [-0.15, -0.1) is 0 Å². The molecule has 0 saturated carbocycles. The maximum atomic E-state index is 14.6. The van der Waals surface area contributed by atoms with Crippen molar-refractivity contribution in [3.05, 3.63) is 82.1 Å². The Bertz CT molecular complexity index is 1510. The number of hydrogen-bond donors (Lipinski definition) is 2. The number of nitrogens with zero attached hydrogens (tertiary/aromatic N) is 5. The van der Waals surface area contributed by atoms with Crippen molar-refractivity contribution in [3.8, 4) is 5.69 Å². The van der Waals surface area contributed by atoms with Gasteiger partial charge in [0.1, 0.15) is 28.9 Å². The molecule has 2 N–H and O–H groups in total. The van der Waals surface area contributed by atoms with Gasteiger partial charge < -0.3 is 10.3 Å². The van der Waals surface area contributed by atoms with Crippen LogP contribution in [0.4, 0.5) is 10.2 Å². The smallest absolute Gasteiger partial charge is 0.269 e. The SMILES string of the molecule is CC[C@@H](Nc1ncnc2nc[nH]c12)c1nc2cccc(F)c2c(=O)n1-c1ccccc1Cl. The highest BCUT2D eigenvalue weighted by Crippen LogP contribution is 2.28. The number of hydrogen-bond acceptors (Lipinski definition) is 6. The van der Waals surface area contributed by atoms with Gasteiger partial charge in [0.2, 0.25) is 0 Å². The van der Waals surface area contributed by atoms with E-state index in [1.807, 2.05) is 6.92 Å². The van der Waals surface area contributed by atoms with Crippen molar-refractivity contribution in [1.82, 2.24) is 29.5 Å². The fraction of sp³-hybridized carbons (Fsp3) is 0.136. The van der Waals surface area contributed by atoms with Gasteiger partial charge in [-0.05, 0) is 30.7 Å². The summed E-state index contributed by atoms with van der Waals surface area (Å²) in [6, 6.07) is 10.8. The van der Waals surface area contributed by atoms with Crippen LogP contribution >= 0.6 is 11.6 Å². The minimum absolute atomic E-state index is 0.0935. The fourth-order valence-corrected chi connectivity index (χ4v) is 3.92. The van der Waals surface area contributed by atoms with Crippen molar-refractivity contribution in [1.29, 1.82) is 0 Å². The van der Waals surface area contributed by atoms with E-state index in [0.29, 0.717) is 39.9 Å². The number of aromatic nitrogens is 6. The Morgan fingerprint density at radius 3 is 2.81 bits per heavy atom. The van der Waals surface area contributed by atoms with E-state index in [1.54, 1.807) is 30.3 Å². The van der Waals surface area contributed by atoms with Gasteiger partial charge in [0.15, 0.2) is 11.5 Å². The third kappa shape index (κ3) is 3.27. The Morgan fingerprint density at radius 2 is 2.00 bits per heavy atom. The summed E-state index contributed by atoms with van der Waals surface area (Å²) >= 11 is 6.43. The molecule has 2 aromatic carbocycles. The zero-order valence-corrected chi connectivity index (χ0v) is 17.6. The topological polar surface area (TPSA) is 101 Å². The first-order valence-electron chi connectivity index (χ1n) is 9.95. The Kier molecular flexibility index (Phi) is 5.02. The Morgan fingerprint density at radius 1 is 1.16 bits per heavy atom. The zero-order valence-electron chi connectivity index (χ0n) is 16.9. The van der Waals surface area contributed by atoms with Crippen molar-refractivity contribution in [3.63, 3.8) is 0 Å². The average molecular weight is 450 g/mol. The number of rotatable bonds is 5. The Balaban J connectivity index is 1.76. The lowest BCUT2D eigenvalue weighted by molar-refractivity contribution is 0.630. The number of fused-ring (bicyclic) bond motifs is 2. The zero-order chi connectivity index (χ0) is 22.2. The fourth-order valence-electron chi connectivity index (χ4n) is 3.70. The van der Waals surface area contributed by atoms with Gasteiger partial charge in [-0.25, -0.2) is 24.3 Å². The summed E-state index contributed by atoms with van der Waals surface area (Å²) < 4.78 is 16.0. The van der Waals surface area contributed by atoms with Crippen LogP contribution in [0.25, 0.3) is 27.8 Å². The van der Waals surface area contributed by atoms with E-state index in [1.165, 1.54) is 29.4 Å². The molecule has 0 saturated heterocycles. The third-order valence-electron chi connectivity index (χ3n) is 5.22. The molecule has 10 heteroatoms. The van der Waals surface area contributed by atoms with Crippen molar-refractivity contribution in [2.75, 3.05) is 5.32 Å². The van der Waals surface area contributed by atoms with Crippen LogP contribution in [0.3, 0.4) is 0 Å². The predicted octanol–water partition coefficient (Wildman–Crippen LogP) is 4.41. The van der Waals surface area contributed by atoms with E-state index in [4.69, 9.17) is 11.6 Å². The predicted molar refractivity (Wildman–Crippen MR) is 121 cm³/mol. The van der Waals surface area contributed by atoms with Gasteiger partial charge in [0.05, 0.1) is 28.6 Å². The van der Waals surface area contributed by atoms with Gasteiger partial charge in [-0.1, -0.05) is 36.7 Å². The van der Waals surface area contributed by atoms with E-state index in [-0.39, 0.29) is 10.9 Å². The molecule has 0 aliphatic rings. The molecule has 1 atom stereocenters. The minimum Gasteiger partial charge on any atom is -0.358 e. The molecule has 5 rings (SSSR count). The molecule has 0 amide bonds. The molecule has 0 fully saturated rings. The lowest BCUT2D eigenvalue weighted by Gasteiger charge is -2.22. The second-order valence-corrected chi connectivity index (χ2v) is 7.53. The molecule has 0 aliphatic carbocycles. The van der Waals surface area contributed by atoms with Crippen molar-refractivity contribution in [2.45, 2.75) is 19.4 Å². The van der Waals surface area contributed by atoms with Crippen LogP contribution in [0.5, 0.6) is 0 Å². The van der Waals surface area contributed by atoms with E-state index < -0.39 is 17.4 Å². The van der Waals surface area contributed by atoms with Crippen LogP contribution in [0, 0.1) is 5.82 Å². The standard InChI is InChI=1S/C22H17ClFN7O/c1-2-14(29-20-18-19(26-10-25-18)27-11-28-20)21-30-15-8-5-7-13(24)17(15)22(32)31(21)16-9-4-3-6-12(16)23/h3-11,14H,2H2,1H3,(H2,25,26,27,28,29)/t14-/m1/s1. The molecular weight excluding hydrogens is 433 g/mol. The van der Waals surface area contributed by atoms with Crippen LogP contribution in [-0.4, -0.2) is 29.5 Å². The minimum atomic E-state index is -0.636. The lowest BCUT2D eigenvalue weighted by Crippen LogP contribution is -2.29. The number of aromatic amines is 1. The number of para-hydroxylation sites is 1. The van der Waals surface area contributed by atoms with Crippen LogP contribution < -0.4 is 10.9 Å². The van der Waals surface area contributed by atoms with Crippen LogP contribution in [-0.2, 0) is 0 Å². The van der Waals surface area contributed by atoms with Crippen molar-refractivity contribution < 1.29 is 4.39 Å². The largest absolute Gasteiger partial charge is 0.358 e. The van der Waals surface area contributed by atoms with E-state index >= 15 is 0 Å². The molecule has 8 nitrogen and oxygen atoms in total. The second kappa shape index (κ2) is 8.01. The highest BCUT2D eigenvalue weighted by Gasteiger charge is 2.23. The highest BCUT2D eigenvalue weighted by atomic mass is 35.5. The summed E-state index contributed by atoms with van der Waals surface area (Å²) in [5.41, 5.74) is 1.29. The monoisotopic (exact) mass is 449 g/mol. The van der Waals surface area contributed by atoms with Crippen molar-refractivity contribution >= 4 is 39.5 Å². The summed E-state index contributed by atoms with van der Waals surface area (Å²) in [5.74, 6) is 0.261. The number of imidazole rings is 1. The summed E-state index contributed by atoms with van der Waals surface area (Å²) in [5, 5.41) is 3.58. The molecule has 0 radical (unpaired) electrons. The first-order chi connectivity index (χ1) is 15.6. The Hall–Kier alpha value is -3.85. The first kappa shape index (κ1) is 20.1. The Labute approximate surface area is 186 Å². The van der Waals surface area contributed by atoms with Crippen LogP contribution in [0.2, 0.25) is 5.02 Å². The number of anilines is 1. The summed E-state index contributed by atoms with van der Waals surface area (Å²) in [7, 11) is 0. The van der Waals surface area contributed by atoms with E-state index in [2.05, 4.69) is 30.2 Å². The second-order valence-electron chi connectivity index (χ2n) is 7.12. The molecule has 0 bridgehead atoms. The van der Waals surface area contributed by atoms with Gasteiger partial charge in [0, 0.05) is 0 Å². The molecule has 160 valence electrons. The normalized spacial score (nSPS) is 12.3. The molecule has 3 heterocycles. The van der Waals surface area contributed by atoms with Gasteiger partial charge >= 0.3 is 0 Å². The maximum absolute atomic E-state index is 14.6.